The van der Waals surface area contributed by atoms with Crippen LogP contribution >= 0.6 is 0 Å². The number of hydrogen-bond donors (Lipinski definition) is 3. The number of nitrogens with one attached hydrogen (secondary N) is 2. The van der Waals surface area contributed by atoms with Crippen molar-refractivity contribution in [1.82, 2.24) is 35.5 Å². The maximum Gasteiger partial charge on any atom is 0.178 e. The molecular formula is C26H32N8O. The molecule has 9 heteroatoms. The Morgan fingerprint density at radius 3 is 3.00 bits per heavy atom. The molecule has 2 aliphatic rings. The van der Waals surface area contributed by atoms with Crippen LogP contribution in [0.3, 0.4) is 0 Å². The Hall–Kier alpha value is -3.30. The van der Waals surface area contributed by atoms with Gasteiger partial charge < -0.3 is 15.8 Å². The molecule has 182 valence electrons. The number of benzene rings is 1. The number of ether oxygens (including phenoxy) is 1. The van der Waals surface area contributed by atoms with E-state index in [2.05, 4.69) is 50.1 Å². The van der Waals surface area contributed by atoms with E-state index in [1.54, 1.807) is 0 Å². The monoisotopic (exact) mass is 472 g/mol. The summed E-state index contributed by atoms with van der Waals surface area (Å²) in [6.45, 7) is 4.48. The predicted octanol–water partition coefficient (Wildman–Crippen LogP) is 3.16. The molecule has 0 amide bonds. The van der Waals surface area contributed by atoms with Gasteiger partial charge in [0.25, 0.3) is 0 Å². The number of aromatic nitrogens is 6. The number of nitrogens with two attached hydrogens (primary N) is 1. The first-order valence-corrected chi connectivity index (χ1v) is 12.6. The van der Waals surface area contributed by atoms with E-state index in [0.29, 0.717) is 17.4 Å². The molecule has 4 aromatic rings. The van der Waals surface area contributed by atoms with E-state index in [1.165, 1.54) is 22.3 Å². The highest BCUT2D eigenvalue weighted by Crippen LogP contribution is 2.36. The average molecular weight is 473 g/mol. The summed E-state index contributed by atoms with van der Waals surface area (Å²) in [5.41, 5.74) is 14.0. The van der Waals surface area contributed by atoms with Gasteiger partial charge >= 0.3 is 0 Å². The summed E-state index contributed by atoms with van der Waals surface area (Å²) in [5.74, 6) is 1.28. The fourth-order valence-electron chi connectivity index (χ4n) is 5.55. The quantitative estimate of drug-likeness (QED) is 0.378. The Morgan fingerprint density at radius 1 is 1.17 bits per heavy atom. The van der Waals surface area contributed by atoms with Crippen LogP contribution in [0.5, 0.6) is 0 Å². The largest absolute Gasteiger partial charge is 0.384 e. The third-order valence-corrected chi connectivity index (χ3v) is 7.49. The average Bonchev–Trinajstić information content (AvgIpc) is 3.54. The summed E-state index contributed by atoms with van der Waals surface area (Å²) in [7, 11) is 0. The van der Waals surface area contributed by atoms with Gasteiger partial charge in [0.05, 0.1) is 12.7 Å². The van der Waals surface area contributed by atoms with Gasteiger partial charge in [-0.3, -0.25) is 4.68 Å². The van der Waals surface area contributed by atoms with E-state index in [4.69, 9.17) is 15.6 Å². The lowest BCUT2D eigenvalue weighted by molar-refractivity contribution is 0.0630. The molecule has 1 aromatic carbocycles. The van der Waals surface area contributed by atoms with Crippen LogP contribution in [0.25, 0.3) is 11.2 Å². The highest BCUT2D eigenvalue weighted by Gasteiger charge is 2.24. The molecule has 0 radical (unpaired) electrons. The number of anilines is 1. The molecule has 1 saturated heterocycles. The zero-order chi connectivity index (χ0) is 23.6. The lowest BCUT2D eigenvalue weighted by Crippen LogP contribution is -2.23. The number of aromatic amines is 1. The normalized spacial score (nSPS) is 17.5. The van der Waals surface area contributed by atoms with E-state index in [0.717, 1.165) is 76.0 Å². The van der Waals surface area contributed by atoms with Crippen LogP contribution in [0.4, 0.5) is 5.82 Å². The third-order valence-electron chi connectivity index (χ3n) is 7.49. The summed E-state index contributed by atoms with van der Waals surface area (Å²) < 4.78 is 7.62. The molecule has 5 heterocycles. The van der Waals surface area contributed by atoms with Gasteiger partial charge in [-0.05, 0) is 78.5 Å². The zero-order valence-corrected chi connectivity index (χ0v) is 19.9. The molecule has 35 heavy (non-hydrogen) atoms. The minimum atomic E-state index is 0.124. The van der Waals surface area contributed by atoms with Gasteiger partial charge in [-0.1, -0.05) is 23.4 Å². The van der Waals surface area contributed by atoms with Gasteiger partial charge in [-0.15, -0.1) is 5.10 Å². The van der Waals surface area contributed by atoms with Crippen LogP contribution < -0.4 is 11.1 Å². The maximum atomic E-state index is 6.17. The van der Waals surface area contributed by atoms with Crippen molar-refractivity contribution in [3.05, 3.63) is 64.5 Å². The maximum absolute atomic E-state index is 6.17. The lowest BCUT2D eigenvalue weighted by Gasteiger charge is -2.24. The van der Waals surface area contributed by atoms with Gasteiger partial charge in [0, 0.05) is 31.9 Å². The number of H-pyrrole nitrogens is 1. The first-order valence-electron chi connectivity index (χ1n) is 12.6. The fraction of sp³-hybridized carbons (Fsp3) is 0.462. The topological polar surface area (TPSA) is 120 Å². The Morgan fingerprint density at radius 2 is 2.09 bits per heavy atom. The number of hydrogen-bond acceptors (Lipinski definition) is 7. The minimum Gasteiger partial charge on any atom is -0.384 e. The molecule has 1 fully saturated rings. The molecule has 0 bridgehead atoms. The second-order valence-electron chi connectivity index (χ2n) is 9.83. The van der Waals surface area contributed by atoms with E-state index in [-0.39, 0.29) is 5.92 Å². The van der Waals surface area contributed by atoms with Crippen LogP contribution in [0.2, 0.25) is 0 Å². The van der Waals surface area contributed by atoms with Gasteiger partial charge in [0.2, 0.25) is 0 Å². The molecular weight excluding hydrogens is 440 g/mol. The standard InChI is InChI=1S/C26H32N8O/c27-24-12-23(25-26(30-24)32-33-31-25)22(4-2-17-6-9-35-10-7-17)21-14-29-34(16-21)15-18-1-3-20-13-28-8-5-19(20)11-18/h1,3,11-12,14,16-17,22,28H,2,4-10,13,15H2,(H3,27,30,31,32,33). The molecule has 6 rings (SSSR count). The second-order valence-corrected chi connectivity index (χ2v) is 9.83. The second kappa shape index (κ2) is 9.75. The first-order chi connectivity index (χ1) is 17.2. The molecule has 9 nitrogen and oxygen atoms in total. The number of nitrogens with zero attached hydrogens (tertiary/aromatic N) is 5. The number of rotatable bonds is 7. The smallest absolute Gasteiger partial charge is 0.178 e. The van der Waals surface area contributed by atoms with Crippen molar-refractivity contribution in [2.75, 3.05) is 25.5 Å². The molecule has 0 aliphatic carbocycles. The summed E-state index contributed by atoms with van der Waals surface area (Å²) in [6.07, 6.45) is 9.62. The Bertz CT molecular complexity index is 1310. The van der Waals surface area contributed by atoms with Crippen LogP contribution in [0.15, 0.2) is 36.7 Å². The van der Waals surface area contributed by atoms with Crippen molar-refractivity contribution in [1.29, 1.82) is 0 Å². The van der Waals surface area contributed by atoms with Gasteiger partial charge in [-0.25, -0.2) is 10.1 Å². The van der Waals surface area contributed by atoms with E-state index in [9.17, 15) is 0 Å². The predicted molar refractivity (Wildman–Crippen MR) is 134 cm³/mol. The Kier molecular flexibility index (Phi) is 6.18. The molecule has 3 aromatic heterocycles. The van der Waals surface area contributed by atoms with Crippen molar-refractivity contribution in [3.63, 3.8) is 0 Å². The van der Waals surface area contributed by atoms with E-state index < -0.39 is 0 Å². The molecule has 1 atom stereocenters. The van der Waals surface area contributed by atoms with E-state index in [1.807, 2.05) is 16.9 Å². The van der Waals surface area contributed by atoms with Crippen molar-refractivity contribution in [3.8, 4) is 0 Å². The van der Waals surface area contributed by atoms with E-state index >= 15 is 0 Å². The highest BCUT2D eigenvalue weighted by atomic mass is 16.5. The zero-order valence-electron chi connectivity index (χ0n) is 19.9. The van der Waals surface area contributed by atoms with Crippen LogP contribution in [-0.2, 0) is 24.2 Å². The molecule has 1 unspecified atom stereocenters. The SMILES string of the molecule is Nc1cc(C(CCC2CCOCC2)c2cnn(Cc3ccc4c(c3)CCNC4)c2)c2nn[nH]c2n1. The lowest BCUT2D eigenvalue weighted by atomic mass is 9.84. The summed E-state index contributed by atoms with van der Waals surface area (Å²) in [5, 5.41) is 19.4. The Labute approximate surface area is 204 Å². The fourth-order valence-corrected chi connectivity index (χ4v) is 5.55. The van der Waals surface area contributed by atoms with Crippen LogP contribution in [0, 0.1) is 5.92 Å². The summed E-state index contributed by atoms with van der Waals surface area (Å²) in [6, 6.07) is 8.76. The summed E-state index contributed by atoms with van der Waals surface area (Å²) >= 11 is 0. The molecule has 0 saturated carbocycles. The van der Waals surface area contributed by atoms with Crippen molar-refractivity contribution in [2.24, 2.45) is 5.92 Å². The molecule has 2 aliphatic heterocycles. The molecule has 4 N–H and O–H groups in total. The number of fused-ring (bicyclic) bond motifs is 2. The molecule has 0 spiro atoms. The van der Waals surface area contributed by atoms with Gasteiger partial charge in [0.15, 0.2) is 5.65 Å². The summed E-state index contributed by atoms with van der Waals surface area (Å²) in [4.78, 5) is 4.37. The van der Waals surface area contributed by atoms with Gasteiger partial charge in [-0.2, -0.15) is 5.10 Å². The third kappa shape index (κ3) is 4.78. The van der Waals surface area contributed by atoms with Crippen molar-refractivity contribution in [2.45, 2.75) is 51.1 Å². The number of pyridine rings is 1. The Balaban J connectivity index is 1.28. The highest BCUT2D eigenvalue weighted by molar-refractivity contribution is 5.77. The minimum absolute atomic E-state index is 0.124. The first kappa shape index (κ1) is 22.2. The van der Waals surface area contributed by atoms with Crippen molar-refractivity contribution >= 4 is 17.0 Å². The van der Waals surface area contributed by atoms with Gasteiger partial charge in [0.1, 0.15) is 11.3 Å². The van der Waals surface area contributed by atoms with Crippen molar-refractivity contribution < 1.29 is 4.74 Å². The van der Waals surface area contributed by atoms with Crippen LogP contribution in [0.1, 0.15) is 59.4 Å². The van der Waals surface area contributed by atoms with Crippen LogP contribution in [-0.4, -0.2) is 49.9 Å². The number of nitrogen functional groups attached to an aromatic ring is 1.